The van der Waals surface area contributed by atoms with Gasteiger partial charge in [-0.1, -0.05) is 30.3 Å². The predicted octanol–water partition coefficient (Wildman–Crippen LogP) is 0.763. The Morgan fingerprint density at radius 3 is 2.39 bits per heavy atom. The maximum absolute atomic E-state index is 11.4. The molecule has 0 saturated carbocycles. The van der Waals surface area contributed by atoms with Gasteiger partial charge in [0, 0.05) is 0 Å². The van der Waals surface area contributed by atoms with Crippen molar-refractivity contribution in [1.82, 2.24) is 5.32 Å². The molecule has 6 heteroatoms. The minimum atomic E-state index is -0.870. The molecule has 0 aromatic heterocycles. The van der Waals surface area contributed by atoms with Gasteiger partial charge >= 0.3 is 12.0 Å². The summed E-state index contributed by atoms with van der Waals surface area (Å²) in [6.07, 6.45) is 0. The van der Waals surface area contributed by atoms with Crippen LogP contribution < -0.4 is 11.1 Å². The molecule has 0 fully saturated rings. The highest BCUT2D eigenvalue weighted by Gasteiger charge is 2.18. The van der Waals surface area contributed by atoms with Gasteiger partial charge in [-0.3, -0.25) is 0 Å². The van der Waals surface area contributed by atoms with Gasteiger partial charge < -0.3 is 15.8 Å². The van der Waals surface area contributed by atoms with Crippen molar-refractivity contribution in [3.05, 3.63) is 41.5 Å². The highest BCUT2D eigenvalue weighted by atomic mass is 16.5. The number of methoxy groups -OCH3 is 1. The zero-order chi connectivity index (χ0) is 13.5. The molecule has 0 bridgehead atoms. The number of carbonyl (C=O) groups excluding carboxylic acids is 2. The number of urea groups is 1. The summed E-state index contributed by atoms with van der Waals surface area (Å²) in [6.45, 7) is 0. The Kier molecular flexibility index (Phi) is 4.46. The lowest BCUT2D eigenvalue weighted by molar-refractivity contribution is -0.135. The Hall–Kier alpha value is -2.81. The second kappa shape index (κ2) is 6.06. The molecule has 0 radical (unpaired) electrons. The molecule has 0 aliphatic carbocycles. The van der Waals surface area contributed by atoms with Crippen LogP contribution in [0.1, 0.15) is 5.56 Å². The molecular weight excluding hydrogens is 234 g/mol. The standard InChI is InChI=1S/C12H11N3O3/c1-18-11(16)9(7-13)10(15-12(14)17)8-5-3-2-4-6-8/h2-6H,1H3,(H3,14,15,17)/b10-9-. The molecule has 2 amide bonds. The van der Waals surface area contributed by atoms with Crippen LogP contribution in [0.25, 0.3) is 5.70 Å². The summed E-state index contributed by atoms with van der Waals surface area (Å²) in [6, 6.07) is 9.24. The third-order valence-corrected chi connectivity index (χ3v) is 2.06. The fourth-order valence-corrected chi connectivity index (χ4v) is 1.31. The molecule has 1 aromatic rings. The van der Waals surface area contributed by atoms with E-state index in [9.17, 15) is 9.59 Å². The third kappa shape index (κ3) is 3.09. The highest BCUT2D eigenvalue weighted by molar-refractivity contribution is 6.03. The van der Waals surface area contributed by atoms with Crippen LogP contribution in [0, 0.1) is 11.3 Å². The Bertz CT molecular complexity index is 529. The minimum Gasteiger partial charge on any atom is -0.465 e. The second-order valence-corrected chi connectivity index (χ2v) is 3.21. The van der Waals surface area contributed by atoms with Gasteiger partial charge in [0.15, 0.2) is 5.57 Å². The minimum absolute atomic E-state index is 0.0254. The van der Waals surface area contributed by atoms with E-state index in [2.05, 4.69) is 10.1 Å². The van der Waals surface area contributed by atoms with Crippen LogP contribution in [-0.4, -0.2) is 19.1 Å². The second-order valence-electron chi connectivity index (χ2n) is 3.21. The number of nitriles is 1. The number of carbonyl (C=O) groups is 2. The summed E-state index contributed by atoms with van der Waals surface area (Å²) in [4.78, 5) is 22.4. The smallest absolute Gasteiger partial charge is 0.350 e. The molecule has 92 valence electrons. The number of benzene rings is 1. The number of hydrogen-bond acceptors (Lipinski definition) is 4. The highest BCUT2D eigenvalue weighted by Crippen LogP contribution is 2.16. The van der Waals surface area contributed by atoms with Crippen molar-refractivity contribution in [1.29, 1.82) is 5.26 Å². The van der Waals surface area contributed by atoms with Crippen molar-refractivity contribution in [2.24, 2.45) is 5.73 Å². The maximum atomic E-state index is 11.4. The van der Waals surface area contributed by atoms with Crippen LogP contribution in [-0.2, 0) is 9.53 Å². The fourth-order valence-electron chi connectivity index (χ4n) is 1.31. The summed E-state index contributed by atoms with van der Waals surface area (Å²) < 4.78 is 4.48. The van der Waals surface area contributed by atoms with Crippen LogP contribution in [0.4, 0.5) is 4.79 Å². The normalized spacial score (nSPS) is 10.9. The zero-order valence-corrected chi connectivity index (χ0v) is 9.64. The first-order chi connectivity index (χ1) is 8.60. The van der Waals surface area contributed by atoms with Crippen molar-refractivity contribution in [3.63, 3.8) is 0 Å². The summed E-state index contributed by atoms with van der Waals surface area (Å²) in [5.41, 5.74) is 5.21. The van der Waals surface area contributed by atoms with E-state index >= 15 is 0 Å². The molecule has 1 rings (SSSR count). The maximum Gasteiger partial charge on any atom is 0.350 e. The summed E-state index contributed by atoms with van der Waals surface area (Å²) in [5, 5.41) is 11.2. The van der Waals surface area contributed by atoms with Crippen LogP contribution in [0.5, 0.6) is 0 Å². The lowest BCUT2D eigenvalue weighted by Gasteiger charge is -2.09. The molecule has 0 aliphatic heterocycles. The van der Waals surface area contributed by atoms with E-state index in [1.807, 2.05) is 0 Å². The van der Waals surface area contributed by atoms with Crippen LogP contribution in [0.2, 0.25) is 0 Å². The number of esters is 1. The molecule has 0 saturated heterocycles. The van der Waals surface area contributed by atoms with Crippen LogP contribution in [0.15, 0.2) is 35.9 Å². The number of hydrogen-bond donors (Lipinski definition) is 2. The summed E-state index contributed by atoms with van der Waals surface area (Å²) in [5.74, 6) is -0.842. The number of nitrogens with zero attached hydrogens (tertiary/aromatic N) is 1. The van der Waals surface area contributed by atoms with E-state index in [0.717, 1.165) is 7.11 Å². The van der Waals surface area contributed by atoms with Gasteiger partial charge in [-0.15, -0.1) is 0 Å². The lowest BCUT2D eigenvalue weighted by atomic mass is 10.1. The zero-order valence-electron chi connectivity index (χ0n) is 9.64. The van der Waals surface area contributed by atoms with Crippen LogP contribution >= 0.6 is 0 Å². The van der Waals surface area contributed by atoms with Gasteiger partial charge in [0.1, 0.15) is 6.07 Å². The average molecular weight is 245 g/mol. The van der Waals surface area contributed by atoms with E-state index in [1.165, 1.54) is 0 Å². The van der Waals surface area contributed by atoms with E-state index in [-0.39, 0.29) is 11.3 Å². The SMILES string of the molecule is COC(=O)/C(C#N)=C(\NC(N)=O)c1ccccc1. The Morgan fingerprint density at radius 1 is 1.33 bits per heavy atom. The largest absolute Gasteiger partial charge is 0.465 e. The van der Waals surface area contributed by atoms with Crippen molar-refractivity contribution in [2.45, 2.75) is 0 Å². The van der Waals surface area contributed by atoms with Crippen molar-refractivity contribution < 1.29 is 14.3 Å². The molecule has 0 aliphatic rings. The molecule has 0 atom stereocenters. The predicted molar refractivity (Wildman–Crippen MR) is 63.7 cm³/mol. The van der Waals surface area contributed by atoms with Crippen molar-refractivity contribution in [3.8, 4) is 6.07 Å². The first kappa shape index (κ1) is 13.3. The van der Waals surface area contributed by atoms with E-state index in [1.54, 1.807) is 36.4 Å². The van der Waals surface area contributed by atoms with Crippen molar-refractivity contribution >= 4 is 17.7 Å². The number of nitrogens with one attached hydrogen (secondary N) is 1. The molecule has 1 aromatic carbocycles. The molecule has 18 heavy (non-hydrogen) atoms. The number of nitrogens with two attached hydrogens (primary N) is 1. The van der Waals surface area contributed by atoms with Gasteiger partial charge in [-0.05, 0) is 5.56 Å². The number of ether oxygens (including phenoxy) is 1. The topological polar surface area (TPSA) is 105 Å². The monoisotopic (exact) mass is 245 g/mol. The molecule has 3 N–H and O–H groups in total. The van der Waals surface area contributed by atoms with Gasteiger partial charge in [-0.25, -0.2) is 9.59 Å². The fraction of sp³-hybridized carbons (Fsp3) is 0.0833. The Balaban J connectivity index is 3.37. The Labute approximate surface area is 104 Å². The van der Waals surface area contributed by atoms with E-state index in [4.69, 9.17) is 11.0 Å². The third-order valence-electron chi connectivity index (χ3n) is 2.06. The van der Waals surface area contributed by atoms with E-state index in [0.29, 0.717) is 5.56 Å². The summed E-state index contributed by atoms with van der Waals surface area (Å²) >= 11 is 0. The average Bonchev–Trinajstić information content (AvgIpc) is 2.38. The first-order valence-electron chi connectivity index (χ1n) is 4.94. The van der Waals surface area contributed by atoms with Crippen LogP contribution in [0.3, 0.4) is 0 Å². The molecule has 0 heterocycles. The molecule has 6 nitrogen and oxygen atoms in total. The van der Waals surface area contributed by atoms with Gasteiger partial charge in [-0.2, -0.15) is 5.26 Å². The number of primary amides is 1. The van der Waals surface area contributed by atoms with Crippen molar-refractivity contribution in [2.75, 3.05) is 7.11 Å². The Morgan fingerprint density at radius 2 is 1.94 bits per heavy atom. The van der Waals surface area contributed by atoms with Gasteiger partial charge in [0.25, 0.3) is 0 Å². The molecular formula is C12H11N3O3. The van der Waals surface area contributed by atoms with E-state index < -0.39 is 12.0 Å². The first-order valence-corrected chi connectivity index (χ1v) is 4.94. The number of amides is 2. The lowest BCUT2D eigenvalue weighted by Crippen LogP contribution is -2.29. The quantitative estimate of drug-likeness (QED) is 0.466. The molecule has 0 spiro atoms. The van der Waals surface area contributed by atoms with Gasteiger partial charge in [0.2, 0.25) is 0 Å². The number of rotatable bonds is 3. The summed E-state index contributed by atoms with van der Waals surface area (Å²) in [7, 11) is 1.15. The molecule has 0 unspecified atom stereocenters. The van der Waals surface area contributed by atoms with Gasteiger partial charge in [0.05, 0.1) is 12.8 Å².